The summed E-state index contributed by atoms with van der Waals surface area (Å²) in [7, 11) is 1.46. The van der Waals surface area contributed by atoms with Crippen molar-refractivity contribution in [1.29, 1.82) is 0 Å². The van der Waals surface area contributed by atoms with Crippen molar-refractivity contribution in [2.75, 3.05) is 7.05 Å². The van der Waals surface area contributed by atoms with Crippen LogP contribution in [0.5, 0.6) is 0 Å². The third kappa shape index (κ3) is 3.21. The van der Waals surface area contributed by atoms with Crippen molar-refractivity contribution in [3.8, 4) is 11.1 Å². The van der Waals surface area contributed by atoms with E-state index >= 15 is 0 Å². The fraction of sp³-hybridized carbons (Fsp3) is 0.200. The third-order valence-corrected chi connectivity index (χ3v) is 3.10. The molecule has 0 unspecified atom stereocenters. The molecule has 21 heavy (non-hydrogen) atoms. The van der Waals surface area contributed by atoms with Crippen LogP contribution < -0.4 is 5.32 Å². The van der Waals surface area contributed by atoms with E-state index in [0.29, 0.717) is 16.7 Å². The molecule has 0 aliphatic rings. The van der Waals surface area contributed by atoms with Crippen molar-refractivity contribution in [2.24, 2.45) is 0 Å². The number of rotatable bonds is 2. The monoisotopic (exact) mass is 294 g/mol. The van der Waals surface area contributed by atoms with Gasteiger partial charge in [0.2, 0.25) is 0 Å². The number of hydrogen-bond donors (Lipinski definition) is 1. The Balaban J connectivity index is 2.54. The topological polar surface area (TPSA) is 42.0 Å². The SMILES string of the molecule is CNC(=O)c1cc(-c2cc(C(F)(F)F)ccc2C)ccn1. The zero-order chi connectivity index (χ0) is 15.6. The Bertz CT molecular complexity index is 681. The summed E-state index contributed by atoms with van der Waals surface area (Å²) in [5.74, 6) is -0.388. The summed E-state index contributed by atoms with van der Waals surface area (Å²) in [5, 5.41) is 2.43. The zero-order valence-corrected chi connectivity index (χ0v) is 11.5. The molecule has 0 spiro atoms. The van der Waals surface area contributed by atoms with Crippen molar-refractivity contribution in [3.05, 3.63) is 53.3 Å². The molecule has 0 saturated heterocycles. The average molecular weight is 294 g/mol. The predicted molar refractivity (Wildman–Crippen MR) is 72.8 cm³/mol. The molecule has 0 aliphatic carbocycles. The maximum absolute atomic E-state index is 12.8. The summed E-state index contributed by atoms with van der Waals surface area (Å²) in [6.07, 6.45) is -3.00. The summed E-state index contributed by atoms with van der Waals surface area (Å²) >= 11 is 0. The van der Waals surface area contributed by atoms with Crippen molar-refractivity contribution >= 4 is 5.91 Å². The molecular formula is C15H13F3N2O. The van der Waals surface area contributed by atoms with Crippen molar-refractivity contribution in [3.63, 3.8) is 0 Å². The van der Waals surface area contributed by atoms with Crippen molar-refractivity contribution in [2.45, 2.75) is 13.1 Å². The van der Waals surface area contributed by atoms with E-state index in [9.17, 15) is 18.0 Å². The van der Waals surface area contributed by atoms with Crippen LogP contribution in [0.1, 0.15) is 21.6 Å². The summed E-state index contributed by atoms with van der Waals surface area (Å²) in [4.78, 5) is 15.5. The molecule has 1 N–H and O–H groups in total. The van der Waals surface area contributed by atoms with Gasteiger partial charge in [-0.25, -0.2) is 0 Å². The molecule has 2 aromatic rings. The Hall–Kier alpha value is -2.37. The number of carbonyl (C=O) groups is 1. The number of aromatic nitrogens is 1. The van der Waals surface area contributed by atoms with Crippen LogP contribution in [0.25, 0.3) is 11.1 Å². The summed E-state index contributed by atoms with van der Waals surface area (Å²) in [5.41, 5.74) is 1.08. The lowest BCUT2D eigenvalue weighted by Crippen LogP contribution is -2.19. The van der Waals surface area contributed by atoms with Gasteiger partial charge in [0.05, 0.1) is 5.56 Å². The first kappa shape index (κ1) is 15.0. The number of hydrogen-bond acceptors (Lipinski definition) is 2. The number of nitrogens with one attached hydrogen (secondary N) is 1. The number of alkyl halides is 3. The molecule has 3 nitrogen and oxygen atoms in total. The molecule has 1 heterocycles. The van der Waals surface area contributed by atoms with Crippen LogP contribution in [0.4, 0.5) is 13.2 Å². The minimum absolute atomic E-state index is 0.159. The Morgan fingerprint density at radius 1 is 1.19 bits per heavy atom. The quantitative estimate of drug-likeness (QED) is 0.922. The second-order valence-electron chi connectivity index (χ2n) is 4.54. The van der Waals surface area contributed by atoms with Gasteiger partial charge in [0.1, 0.15) is 5.69 Å². The van der Waals surface area contributed by atoms with Crippen LogP contribution >= 0.6 is 0 Å². The van der Waals surface area contributed by atoms with Gasteiger partial charge in [-0.3, -0.25) is 9.78 Å². The van der Waals surface area contributed by atoms with E-state index in [1.807, 2.05) is 0 Å². The molecule has 0 bridgehead atoms. The maximum atomic E-state index is 12.8. The highest BCUT2D eigenvalue weighted by Gasteiger charge is 2.30. The molecule has 1 aromatic heterocycles. The third-order valence-electron chi connectivity index (χ3n) is 3.10. The van der Waals surface area contributed by atoms with E-state index in [-0.39, 0.29) is 11.6 Å². The van der Waals surface area contributed by atoms with Crippen LogP contribution in [0, 0.1) is 6.92 Å². The van der Waals surface area contributed by atoms with Gasteiger partial charge >= 0.3 is 6.18 Å². The molecule has 2 rings (SSSR count). The first-order valence-corrected chi connectivity index (χ1v) is 6.19. The summed E-state index contributed by atoms with van der Waals surface area (Å²) in [6, 6.07) is 6.59. The second-order valence-corrected chi connectivity index (χ2v) is 4.54. The lowest BCUT2D eigenvalue weighted by atomic mass is 9.98. The van der Waals surface area contributed by atoms with Gasteiger partial charge in [-0.15, -0.1) is 0 Å². The largest absolute Gasteiger partial charge is 0.416 e. The Morgan fingerprint density at radius 2 is 1.90 bits per heavy atom. The molecule has 6 heteroatoms. The van der Waals surface area contributed by atoms with E-state index in [4.69, 9.17) is 0 Å². The highest BCUT2D eigenvalue weighted by atomic mass is 19.4. The number of carbonyl (C=O) groups excluding carboxylic acids is 1. The minimum atomic E-state index is -4.40. The van der Waals surface area contributed by atoms with Gasteiger partial charge in [-0.05, 0) is 47.9 Å². The summed E-state index contributed by atoms with van der Waals surface area (Å²) < 4.78 is 38.4. The van der Waals surface area contributed by atoms with Crippen LogP contribution in [-0.4, -0.2) is 17.9 Å². The lowest BCUT2D eigenvalue weighted by molar-refractivity contribution is -0.137. The van der Waals surface area contributed by atoms with E-state index < -0.39 is 11.7 Å². The highest BCUT2D eigenvalue weighted by molar-refractivity contribution is 5.93. The first-order chi connectivity index (χ1) is 9.82. The molecular weight excluding hydrogens is 281 g/mol. The highest BCUT2D eigenvalue weighted by Crippen LogP contribution is 2.33. The average Bonchev–Trinajstić information content (AvgIpc) is 2.45. The molecule has 1 aromatic carbocycles. The first-order valence-electron chi connectivity index (χ1n) is 6.19. The number of nitrogens with zero attached hydrogens (tertiary/aromatic N) is 1. The predicted octanol–water partition coefficient (Wildman–Crippen LogP) is 3.44. The Morgan fingerprint density at radius 3 is 2.52 bits per heavy atom. The van der Waals surface area contributed by atoms with Crippen LogP contribution in [0.2, 0.25) is 0 Å². The zero-order valence-electron chi connectivity index (χ0n) is 11.5. The van der Waals surface area contributed by atoms with Gasteiger partial charge in [-0.1, -0.05) is 6.07 Å². The fourth-order valence-corrected chi connectivity index (χ4v) is 1.96. The lowest BCUT2D eigenvalue weighted by Gasteiger charge is -2.12. The van der Waals surface area contributed by atoms with Gasteiger partial charge in [0.25, 0.3) is 5.91 Å². The van der Waals surface area contributed by atoms with E-state index in [0.717, 1.165) is 12.1 Å². The maximum Gasteiger partial charge on any atom is 0.416 e. The number of aryl methyl sites for hydroxylation is 1. The molecule has 0 fully saturated rings. The van der Waals surface area contributed by atoms with Crippen molar-refractivity contribution in [1.82, 2.24) is 10.3 Å². The van der Waals surface area contributed by atoms with E-state index in [2.05, 4.69) is 10.3 Å². The Kier molecular flexibility index (Phi) is 3.97. The van der Waals surface area contributed by atoms with E-state index in [1.54, 1.807) is 13.0 Å². The number of benzene rings is 1. The number of pyridine rings is 1. The van der Waals surface area contributed by atoms with Gasteiger partial charge in [0.15, 0.2) is 0 Å². The van der Waals surface area contributed by atoms with Gasteiger partial charge in [0, 0.05) is 13.2 Å². The van der Waals surface area contributed by atoms with Crippen molar-refractivity contribution < 1.29 is 18.0 Å². The molecule has 0 aliphatic heterocycles. The fourth-order valence-electron chi connectivity index (χ4n) is 1.96. The normalized spacial score (nSPS) is 11.3. The number of amides is 1. The van der Waals surface area contributed by atoms with Crippen LogP contribution in [0.3, 0.4) is 0 Å². The summed E-state index contributed by atoms with van der Waals surface area (Å²) in [6.45, 7) is 1.72. The molecule has 0 saturated carbocycles. The molecule has 0 atom stereocenters. The molecule has 110 valence electrons. The van der Waals surface area contributed by atoms with Gasteiger partial charge in [-0.2, -0.15) is 13.2 Å². The van der Waals surface area contributed by atoms with Crippen LogP contribution in [-0.2, 0) is 6.18 Å². The van der Waals surface area contributed by atoms with Gasteiger partial charge < -0.3 is 5.32 Å². The minimum Gasteiger partial charge on any atom is -0.354 e. The smallest absolute Gasteiger partial charge is 0.354 e. The Labute approximate surface area is 119 Å². The number of halogens is 3. The standard InChI is InChI=1S/C15H13F3N2O/c1-9-3-4-11(15(16,17)18)8-12(9)10-5-6-20-13(7-10)14(21)19-2/h3-8H,1-2H3,(H,19,21). The molecule has 0 radical (unpaired) electrons. The second kappa shape index (κ2) is 5.55. The molecule has 1 amide bonds. The van der Waals surface area contributed by atoms with Crippen LogP contribution in [0.15, 0.2) is 36.5 Å². The van der Waals surface area contributed by atoms with E-state index in [1.165, 1.54) is 25.4 Å².